The lowest BCUT2D eigenvalue weighted by molar-refractivity contribution is -0.914. The van der Waals surface area contributed by atoms with E-state index in [1.807, 2.05) is 0 Å². The highest BCUT2D eigenvalue weighted by Gasteiger charge is 2.26. The molecular weight excluding hydrogens is 696 g/mol. The van der Waals surface area contributed by atoms with Crippen molar-refractivity contribution < 1.29 is 53.5 Å². The molecule has 0 aromatic carbocycles. The molecule has 2 aromatic rings. The number of hydrogen-bond acceptors (Lipinski definition) is 13. The first kappa shape index (κ1) is 46.7. The third-order valence-corrected chi connectivity index (χ3v) is 8.99. The number of quaternary nitrogens is 2. The number of likely N-dealkylation sites (tertiary alicyclic amines) is 2. The Hall–Kier alpha value is -3.26. The van der Waals surface area contributed by atoms with Crippen molar-refractivity contribution in [3.63, 3.8) is 0 Å². The lowest BCUT2D eigenvalue weighted by Gasteiger charge is -2.37. The first-order valence-corrected chi connectivity index (χ1v) is 17.9. The van der Waals surface area contributed by atoms with E-state index < -0.39 is 20.2 Å². The van der Waals surface area contributed by atoms with Gasteiger partial charge in [-0.25, -0.2) is 13.4 Å². The molecule has 0 unspecified atom stereocenters. The molecule has 0 atom stereocenters. The first-order valence-electron chi connectivity index (χ1n) is 16.5. The Balaban J connectivity index is 0.000000770. The van der Waals surface area contributed by atoms with Gasteiger partial charge in [0.15, 0.2) is 0 Å². The fraction of sp³-hybridized carbons (Fsp3) is 0.677. The number of aliphatic hydroxyl groups is 1. The minimum Gasteiger partial charge on any atom is -1.00 e. The van der Waals surface area contributed by atoms with Crippen molar-refractivity contribution in [1.82, 2.24) is 9.97 Å². The number of anilines is 2. The van der Waals surface area contributed by atoms with Gasteiger partial charge in [0.25, 0.3) is 11.4 Å². The van der Waals surface area contributed by atoms with E-state index in [2.05, 4.69) is 28.2 Å². The summed E-state index contributed by atoms with van der Waals surface area (Å²) in [5.74, 6) is 0. The second-order valence-corrected chi connectivity index (χ2v) is 13.9. The molecule has 0 spiro atoms. The van der Waals surface area contributed by atoms with Gasteiger partial charge in [-0.15, -0.1) is 0 Å². The van der Waals surface area contributed by atoms with Gasteiger partial charge in [0.05, 0.1) is 99.7 Å². The zero-order chi connectivity index (χ0) is 37.1. The van der Waals surface area contributed by atoms with E-state index in [4.69, 9.17) is 16.6 Å². The summed E-state index contributed by atoms with van der Waals surface area (Å²) in [6.07, 6.45) is 14.1. The smallest absolute Gasteiger partial charge is 0.297 e. The number of nitrogens with zero attached hydrogens (tertiary/aromatic N) is 6. The normalized spacial score (nSPS) is 16.0. The number of rotatable bonds is 11. The van der Waals surface area contributed by atoms with Gasteiger partial charge in [0.2, 0.25) is 10.4 Å². The van der Waals surface area contributed by atoms with Crippen LogP contribution in [-0.4, -0.2) is 114 Å². The second kappa shape index (κ2) is 23.3. The van der Waals surface area contributed by atoms with E-state index in [-0.39, 0.29) is 30.4 Å². The van der Waals surface area contributed by atoms with E-state index in [0.717, 1.165) is 74.1 Å². The van der Waals surface area contributed by atoms with Crippen molar-refractivity contribution >= 4 is 33.1 Å². The molecule has 2 aliphatic heterocycles. The van der Waals surface area contributed by atoms with Crippen LogP contribution in [-0.2, 0) is 27.4 Å². The Morgan fingerprint density at radius 3 is 1.64 bits per heavy atom. The Kier molecular flexibility index (Phi) is 21.7. The molecule has 0 radical (unpaired) electrons. The van der Waals surface area contributed by atoms with Crippen LogP contribution in [0.4, 0.5) is 22.7 Å². The molecule has 0 aliphatic carbocycles. The highest BCUT2D eigenvalue weighted by Crippen LogP contribution is 2.24. The average Bonchev–Trinajstić information content (AvgIpc) is 3.03. The highest BCUT2D eigenvalue weighted by atomic mass is 35.5. The van der Waals surface area contributed by atoms with Gasteiger partial charge in [-0.2, -0.15) is 0 Å². The molecule has 0 saturated carbocycles. The van der Waals surface area contributed by atoms with Crippen LogP contribution < -0.4 is 23.9 Å². The van der Waals surface area contributed by atoms with Crippen molar-refractivity contribution in [2.45, 2.75) is 71.1 Å². The molecular formula is C31H55ClN8O9S. The summed E-state index contributed by atoms with van der Waals surface area (Å²) in [7, 11) is 0.989. The summed E-state index contributed by atoms with van der Waals surface area (Å²) in [6, 6.07) is 2.80. The molecule has 2 saturated heterocycles. The van der Waals surface area contributed by atoms with Crippen molar-refractivity contribution in [1.29, 1.82) is 0 Å². The maximum atomic E-state index is 11.1. The third-order valence-electron chi connectivity index (χ3n) is 8.58. The van der Waals surface area contributed by atoms with Crippen molar-refractivity contribution in [2.75, 3.05) is 78.5 Å². The van der Waals surface area contributed by atoms with Gasteiger partial charge in [0.1, 0.15) is 11.9 Å². The molecule has 0 amide bonds. The SMILES string of the molecule is CCO.COS(=O)(=O)[O-].C[N+]1(CCCc2ncc(N)cc2N)CCCCC1.C[N+]1(CCCc2ncc([N+](=O)[O-])cc2[N+](=O)[O-])CCCCC1.[Cl-]. The molecule has 19 heteroatoms. The average molecular weight is 751 g/mol. The molecule has 2 aliphatic rings. The molecule has 0 bridgehead atoms. The van der Waals surface area contributed by atoms with Crippen LogP contribution in [0, 0.1) is 20.2 Å². The monoisotopic (exact) mass is 750 g/mol. The minimum absolute atomic E-state index is 0. The summed E-state index contributed by atoms with van der Waals surface area (Å²) in [4.78, 5) is 28.8. The van der Waals surface area contributed by atoms with E-state index in [1.165, 1.54) is 62.6 Å². The number of aryl methyl sites for hydroxylation is 2. The van der Waals surface area contributed by atoms with Crippen LogP contribution in [0.3, 0.4) is 0 Å². The van der Waals surface area contributed by atoms with Crippen molar-refractivity contribution in [3.05, 3.63) is 56.1 Å². The number of halogens is 1. The van der Waals surface area contributed by atoms with E-state index >= 15 is 0 Å². The number of nitrogens with two attached hydrogens (primary N) is 2. The summed E-state index contributed by atoms with van der Waals surface area (Å²) in [5.41, 5.74) is 13.7. The Morgan fingerprint density at radius 2 is 1.26 bits per heavy atom. The summed E-state index contributed by atoms with van der Waals surface area (Å²) >= 11 is 0. The summed E-state index contributed by atoms with van der Waals surface area (Å²) < 4.78 is 33.2. The molecule has 17 nitrogen and oxygen atoms in total. The maximum absolute atomic E-state index is 11.1. The summed E-state index contributed by atoms with van der Waals surface area (Å²) in [5, 5.41) is 29.3. The van der Waals surface area contributed by atoms with Crippen LogP contribution in [0.2, 0.25) is 0 Å². The number of pyridine rings is 2. The minimum atomic E-state index is -4.41. The Labute approximate surface area is 301 Å². The molecule has 50 heavy (non-hydrogen) atoms. The van der Waals surface area contributed by atoms with Gasteiger partial charge in [-0.05, 0) is 57.9 Å². The van der Waals surface area contributed by atoms with Crippen LogP contribution >= 0.6 is 0 Å². The summed E-state index contributed by atoms with van der Waals surface area (Å²) in [6.45, 7) is 9.06. The molecule has 2 fully saturated rings. The maximum Gasteiger partial charge on any atom is 0.297 e. The quantitative estimate of drug-likeness (QED) is 0.0924. The number of aromatic nitrogens is 2. The zero-order valence-corrected chi connectivity index (χ0v) is 31.2. The predicted molar refractivity (Wildman–Crippen MR) is 186 cm³/mol. The molecule has 5 N–H and O–H groups in total. The topological polar surface area (TPSA) is 251 Å². The van der Waals surface area contributed by atoms with E-state index in [1.54, 1.807) is 19.2 Å². The number of nitro groups is 2. The molecule has 286 valence electrons. The second-order valence-electron chi connectivity index (χ2n) is 12.8. The molecule has 2 aromatic heterocycles. The van der Waals surface area contributed by atoms with Crippen molar-refractivity contribution in [3.8, 4) is 0 Å². The van der Waals surface area contributed by atoms with Crippen LogP contribution in [0.5, 0.6) is 0 Å². The van der Waals surface area contributed by atoms with Crippen molar-refractivity contribution in [2.24, 2.45) is 0 Å². The highest BCUT2D eigenvalue weighted by molar-refractivity contribution is 7.80. The van der Waals surface area contributed by atoms with E-state index in [0.29, 0.717) is 17.8 Å². The van der Waals surface area contributed by atoms with Gasteiger partial charge >= 0.3 is 0 Å². The Morgan fingerprint density at radius 1 is 0.840 bits per heavy atom. The fourth-order valence-electron chi connectivity index (χ4n) is 5.91. The Bertz CT molecular complexity index is 1420. The first-order chi connectivity index (χ1) is 23.0. The van der Waals surface area contributed by atoms with Gasteiger partial charge in [-0.3, -0.25) is 29.4 Å². The largest absolute Gasteiger partial charge is 1.00 e. The lowest BCUT2D eigenvalue weighted by atomic mass is 10.1. The molecule has 4 heterocycles. The van der Waals surface area contributed by atoms with Crippen LogP contribution in [0.1, 0.15) is 69.7 Å². The van der Waals surface area contributed by atoms with E-state index in [9.17, 15) is 33.2 Å². The van der Waals surface area contributed by atoms with Crippen LogP contribution in [0.25, 0.3) is 0 Å². The lowest BCUT2D eigenvalue weighted by Crippen LogP contribution is -3.00. The third kappa shape index (κ3) is 18.7. The number of piperidine rings is 2. The molecule has 4 rings (SSSR count). The number of aliphatic hydroxyl groups excluding tert-OH is 1. The number of nitrogen functional groups attached to an aromatic ring is 2. The standard InChI is InChI=1S/C14H21N4O4.C14H25N4.C2H6O.CH4O4S.ClH/c1-18(7-3-2-4-8-18)9-5-6-13-14(17(21)22)10-12(11-15-13)16(19)20;1-18(7-3-2-4-8-18)9-5-6-14-13(16)10-12(15)11-17-14;1-2-3;1-5-6(2,3)4;/h10-11H,2-9H2,1H3;10-11H,2-9,15-16H2,1H3;3H,2H2,1H3;1H3,(H,2,3,4);1H/q2*+1;;;/p-2. The predicted octanol–water partition coefficient (Wildman–Crippen LogP) is 0.366. The zero-order valence-electron chi connectivity index (χ0n) is 29.7. The van der Waals surface area contributed by atoms with Crippen LogP contribution in [0.15, 0.2) is 24.5 Å². The van der Waals surface area contributed by atoms with Gasteiger partial charge in [-0.1, -0.05) is 0 Å². The number of hydrogen-bond donors (Lipinski definition) is 3. The fourth-order valence-corrected chi connectivity index (χ4v) is 5.91. The van der Waals surface area contributed by atoms with Gasteiger partial charge in [0, 0.05) is 25.9 Å². The van der Waals surface area contributed by atoms with Gasteiger partial charge < -0.3 is 42.5 Å².